The Morgan fingerprint density at radius 1 is 0.740 bits per heavy atom. The predicted octanol–water partition coefficient (Wildman–Crippen LogP) is 12.3. The maximum atomic E-state index is 8.66. The molecule has 0 amide bonds. The van der Waals surface area contributed by atoms with Gasteiger partial charge in [-0.1, -0.05) is 88.4 Å². The number of aryl methyl sites for hydroxylation is 3. The van der Waals surface area contributed by atoms with Crippen LogP contribution in [0.3, 0.4) is 0 Å². The van der Waals surface area contributed by atoms with Crippen LogP contribution in [0.15, 0.2) is 108 Å². The lowest BCUT2D eigenvalue weighted by molar-refractivity contribution is -0.633. The van der Waals surface area contributed by atoms with Gasteiger partial charge in [-0.25, -0.2) is 4.57 Å². The lowest BCUT2D eigenvalue weighted by atomic mass is 9.88. The van der Waals surface area contributed by atoms with Crippen molar-refractivity contribution in [1.82, 2.24) is 9.55 Å². The van der Waals surface area contributed by atoms with Crippen LogP contribution in [-0.4, -0.2) is 9.55 Å². The normalized spacial score (nSPS) is 13.4. The highest BCUT2D eigenvalue weighted by molar-refractivity contribution is 7.25. The predicted molar refractivity (Wildman–Crippen MR) is 211 cm³/mol. The molecule has 5 aromatic carbocycles. The second kappa shape index (κ2) is 11.4. The number of furan rings is 1. The van der Waals surface area contributed by atoms with Crippen LogP contribution in [0, 0.1) is 13.8 Å². The van der Waals surface area contributed by atoms with E-state index in [1.165, 1.54) is 27.0 Å². The fraction of sp³-hybridized carbons (Fsp3) is 0.200. The Balaban J connectivity index is 1.44. The summed E-state index contributed by atoms with van der Waals surface area (Å²) < 4.78 is 39.8. The van der Waals surface area contributed by atoms with Crippen molar-refractivity contribution < 1.29 is 13.1 Å². The number of hydrogen-bond acceptors (Lipinski definition) is 3. The van der Waals surface area contributed by atoms with Crippen molar-refractivity contribution in [2.45, 2.75) is 53.3 Å². The van der Waals surface area contributed by atoms with Gasteiger partial charge in [0.2, 0.25) is 0 Å². The Morgan fingerprint density at radius 3 is 2.18 bits per heavy atom. The van der Waals surface area contributed by atoms with Crippen molar-refractivity contribution in [3.05, 3.63) is 126 Å². The molecule has 0 atom stereocenters. The summed E-state index contributed by atoms with van der Waals surface area (Å²) in [5.74, 6) is 1.30. The van der Waals surface area contributed by atoms with Crippen molar-refractivity contribution in [1.29, 1.82) is 0 Å². The number of thiophene rings is 1. The number of para-hydroxylation sites is 2. The highest BCUT2D eigenvalue weighted by Crippen LogP contribution is 2.45. The van der Waals surface area contributed by atoms with E-state index in [4.69, 9.17) is 13.5 Å². The molecule has 0 saturated heterocycles. The molecule has 246 valence electrons. The van der Waals surface area contributed by atoms with E-state index in [1.54, 1.807) is 11.3 Å². The van der Waals surface area contributed by atoms with E-state index in [0.717, 1.165) is 49.0 Å². The quantitative estimate of drug-likeness (QED) is 0.170. The molecule has 0 saturated carbocycles. The number of pyridine rings is 1. The first kappa shape index (κ1) is 27.5. The summed E-state index contributed by atoms with van der Waals surface area (Å²) in [6.45, 7) is 8.49. The van der Waals surface area contributed by atoms with Gasteiger partial charge in [0.25, 0.3) is 0 Å². The van der Waals surface area contributed by atoms with Gasteiger partial charge in [0.1, 0.15) is 16.8 Å². The SMILES string of the molecule is [2H]C([2H])([2H])c1nc(C)c(-c2n(-c3c(C(C)C)cc(-c4ccccc4)cc3C(C)C)c3ccccc3[n+]2C)c2oc3cc4c(cc3c12)sc1ccccc14. The molecular formula is C45H40N3OS+. The molecule has 0 fully saturated rings. The van der Waals surface area contributed by atoms with Crippen LogP contribution < -0.4 is 4.57 Å². The van der Waals surface area contributed by atoms with Crippen LogP contribution >= 0.6 is 11.3 Å². The third-order valence-corrected chi connectivity index (χ3v) is 11.4. The maximum Gasteiger partial charge on any atom is 0.300 e. The third kappa shape index (κ3) is 4.49. The first-order valence-corrected chi connectivity index (χ1v) is 18.2. The molecular weight excluding hydrogens is 631 g/mol. The Kier molecular flexibility index (Phi) is 6.28. The van der Waals surface area contributed by atoms with E-state index in [9.17, 15) is 0 Å². The highest BCUT2D eigenvalue weighted by Gasteiger charge is 2.35. The number of aromatic nitrogens is 3. The minimum Gasteiger partial charge on any atom is -0.455 e. The van der Waals surface area contributed by atoms with Crippen molar-refractivity contribution in [3.8, 4) is 28.2 Å². The minimum atomic E-state index is -2.45. The Hall–Kier alpha value is -5.26. The average Bonchev–Trinajstić information content (AvgIpc) is 3.78. The standard InChI is InChI=1S/C45H40N3OS/c1-25(2)32-21-30(29-15-9-8-10-16-29)22-33(26(3)4)43(32)48-37-19-13-12-18-36(37)47(7)45(48)42-28(6)46-27(5)41-35-24-40-34(23-38(35)49-44(41)42)31-17-11-14-20-39(31)50-40/h8-26H,1-7H3/q+1/i5D3. The first-order valence-electron chi connectivity index (χ1n) is 18.8. The Labute approximate surface area is 300 Å². The maximum absolute atomic E-state index is 8.66. The monoisotopic (exact) mass is 673 g/mol. The molecule has 4 aromatic heterocycles. The molecule has 0 aliphatic rings. The van der Waals surface area contributed by atoms with Crippen molar-refractivity contribution in [2.75, 3.05) is 0 Å². The molecule has 0 spiro atoms. The van der Waals surface area contributed by atoms with E-state index >= 15 is 0 Å². The van der Waals surface area contributed by atoms with Gasteiger partial charge in [0.05, 0.1) is 18.1 Å². The van der Waals surface area contributed by atoms with Crippen LogP contribution in [-0.2, 0) is 7.05 Å². The highest BCUT2D eigenvalue weighted by atomic mass is 32.1. The molecule has 0 radical (unpaired) electrons. The summed E-state index contributed by atoms with van der Waals surface area (Å²) in [6, 6.07) is 36.3. The fourth-order valence-corrected chi connectivity index (χ4v) is 9.00. The number of hydrogen-bond donors (Lipinski definition) is 0. The zero-order chi connectivity index (χ0) is 36.9. The summed E-state index contributed by atoms with van der Waals surface area (Å²) in [6.07, 6.45) is 0. The second-order valence-corrected chi connectivity index (χ2v) is 15.1. The molecule has 9 aromatic rings. The molecule has 0 bridgehead atoms. The van der Waals surface area contributed by atoms with E-state index < -0.39 is 6.85 Å². The summed E-state index contributed by atoms with van der Waals surface area (Å²) in [7, 11) is 2.09. The van der Waals surface area contributed by atoms with Crippen LogP contribution in [0.4, 0.5) is 0 Å². The van der Waals surface area contributed by atoms with Crippen molar-refractivity contribution >= 4 is 64.5 Å². The van der Waals surface area contributed by atoms with Crippen molar-refractivity contribution in [2.24, 2.45) is 7.05 Å². The molecule has 0 aliphatic heterocycles. The van der Waals surface area contributed by atoms with Crippen LogP contribution in [0.2, 0.25) is 0 Å². The van der Waals surface area contributed by atoms with Crippen LogP contribution in [0.5, 0.6) is 0 Å². The second-order valence-electron chi connectivity index (χ2n) is 14.1. The number of fused-ring (bicyclic) bond motifs is 7. The average molecular weight is 674 g/mol. The summed E-state index contributed by atoms with van der Waals surface area (Å²) in [5, 5.41) is 3.57. The zero-order valence-electron chi connectivity index (χ0n) is 32.1. The molecule has 0 unspecified atom stereocenters. The molecule has 9 rings (SSSR count). The number of imidazole rings is 1. The van der Waals surface area contributed by atoms with Gasteiger partial charge in [-0.2, -0.15) is 4.57 Å². The molecule has 4 nitrogen and oxygen atoms in total. The van der Waals surface area contributed by atoms with E-state index in [-0.39, 0.29) is 17.5 Å². The Morgan fingerprint density at radius 2 is 1.44 bits per heavy atom. The lowest BCUT2D eigenvalue weighted by Crippen LogP contribution is -2.31. The number of nitrogens with zero attached hydrogens (tertiary/aromatic N) is 3. The summed E-state index contributed by atoms with van der Waals surface area (Å²) >= 11 is 1.71. The van der Waals surface area contributed by atoms with Gasteiger partial charge in [0, 0.05) is 46.5 Å². The molecule has 0 aliphatic carbocycles. The summed E-state index contributed by atoms with van der Waals surface area (Å²) in [4.78, 5) is 4.96. The summed E-state index contributed by atoms with van der Waals surface area (Å²) in [5.41, 5.74) is 10.7. The van der Waals surface area contributed by atoms with Gasteiger partial charge in [-0.3, -0.25) is 4.98 Å². The third-order valence-electron chi connectivity index (χ3n) is 10.3. The van der Waals surface area contributed by atoms with Crippen molar-refractivity contribution in [3.63, 3.8) is 0 Å². The van der Waals surface area contributed by atoms with Crippen LogP contribution in [0.25, 0.3) is 81.3 Å². The van der Waals surface area contributed by atoms with Gasteiger partial charge >= 0.3 is 5.82 Å². The number of rotatable bonds is 5. The number of benzene rings is 5. The van der Waals surface area contributed by atoms with Gasteiger partial charge in [-0.15, -0.1) is 11.3 Å². The minimum absolute atomic E-state index is 0.0660. The zero-order valence-corrected chi connectivity index (χ0v) is 29.9. The van der Waals surface area contributed by atoms with E-state index in [1.807, 2.05) is 13.0 Å². The topological polar surface area (TPSA) is 34.8 Å². The van der Waals surface area contributed by atoms with Gasteiger partial charge < -0.3 is 4.42 Å². The van der Waals surface area contributed by atoms with Gasteiger partial charge in [-0.05, 0) is 79.2 Å². The molecule has 50 heavy (non-hydrogen) atoms. The Bertz CT molecular complexity index is 2880. The van der Waals surface area contributed by atoms with E-state index in [0.29, 0.717) is 22.2 Å². The fourth-order valence-electron chi connectivity index (χ4n) is 7.87. The lowest BCUT2D eigenvalue weighted by Gasteiger charge is -2.21. The molecule has 0 N–H and O–H groups in total. The first-order chi connectivity index (χ1) is 25.4. The smallest absolute Gasteiger partial charge is 0.300 e. The largest absolute Gasteiger partial charge is 0.455 e. The molecule has 4 heterocycles. The van der Waals surface area contributed by atoms with E-state index in [2.05, 4.69) is 141 Å². The molecule has 5 heteroatoms. The van der Waals surface area contributed by atoms with Gasteiger partial charge in [0.15, 0.2) is 16.6 Å². The van der Waals surface area contributed by atoms with Crippen LogP contribution in [0.1, 0.15) is 66.2 Å².